The van der Waals surface area contributed by atoms with Gasteiger partial charge in [0.25, 0.3) is 5.91 Å². The Bertz CT molecular complexity index is 940. The molecule has 0 aliphatic heterocycles. The summed E-state index contributed by atoms with van der Waals surface area (Å²) in [5, 5.41) is 3.32. The molecule has 0 unspecified atom stereocenters. The number of pyridine rings is 1. The summed E-state index contributed by atoms with van der Waals surface area (Å²) in [6, 6.07) is 7.08. The predicted octanol–water partition coefficient (Wildman–Crippen LogP) is 2.66. The second-order valence-corrected chi connectivity index (χ2v) is 5.89. The first kappa shape index (κ1) is 15.6. The van der Waals surface area contributed by atoms with Gasteiger partial charge < -0.3 is 10.3 Å². The van der Waals surface area contributed by atoms with E-state index in [2.05, 4.69) is 36.2 Å². The average Bonchev–Trinajstić information content (AvgIpc) is 2.55. The van der Waals surface area contributed by atoms with Crippen molar-refractivity contribution in [1.29, 1.82) is 0 Å². The lowest BCUT2D eigenvalue weighted by Gasteiger charge is -2.06. The van der Waals surface area contributed by atoms with E-state index in [4.69, 9.17) is 11.6 Å². The van der Waals surface area contributed by atoms with Gasteiger partial charge in [-0.15, -0.1) is 0 Å². The molecule has 0 aliphatic carbocycles. The van der Waals surface area contributed by atoms with Crippen molar-refractivity contribution in [3.8, 4) is 0 Å². The van der Waals surface area contributed by atoms with Crippen molar-refractivity contribution in [1.82, 2.24) is 20.3 Å². The fourth-order valence-electron chi connectivity index (χ4n) is 2.03. The second kappa shape index (κ2) is 6.47. The van der Waals surface area contributed by atoms with Crippen LogP contribution >= 0.6 is 27.5 Å². The monoisotopic (exact) mass is 392 g/mol. The maximum atomic E-state index is 12.4. The van der Waals surface area contributed by atoms with E-state index in [0.29, 0.717) is 17.1 Å². The van der Waals surface area contributed by atoms with Gasteiger partial charge in [-0.3, -0.25) is 9.59 Å². The summed E-state index contributed by atoms with van der Waals surface area (Å²) in [5.74, 6) is -0.474. The number of carbonyl (C=O) groups is 1. The van der Waals surface area contributed by atoms with Gasteiger partial charge >= 0.3 is 0 Å². The Hall–Kier alpha value is -2.25. The number of carbonyl (C=O) groups excluding carboxylic acids is 1. The van der Waals surface area contributed by atoms with Gasteiger partial charge in [-0.2, -0.15) is 0 Å². The van der Waals surface area contributed by atoms with Crippen LogP contribution in [0.2, 0.25) is 5.02 Å². The van der Waals surface area contributed by atoms with E-state index in [1.165, 1.54) is 12.4 Å². The highest BCUT2D eigenvalue weighted by molar-refractivity contribution is 9.10. The lowest BCUT2D eigenvalue weighted by molar-refractivity contribution is 0.0949. The second-order valence-electron chi connectivity index (χ2n) is 4.74. The van der Waals surface area contributed by atoms with Crippen molar-refractivity contribution in [2.75, 3.05) is 0 Å². The van der Waals surface area contributed by atoms with Crippen molar-refractivity contribution in [2.45, 2.75) is 6.54 Å². The standard InChI is InChI=1S/C15H10BrClN4O2/c16-15-20-7-11-12(21-15)13(22)10(6-18-11)14(23)19-5-8-1-3-9(17)4-2-8/h1-4,6-7H,5H2,(H,18,22)(H,19,23). The maximum Gasteiger partial charge on any atom is 0.257 e. The van der Waals surface area contributed by atoms with E-state index in [-0.39, 0.29) is 15.8 Å². The zero-order chi connectivity index (χ0) is 16.4. The number of nitrogens with zero attached hydrogens (tertiary/aromatic N) is 2. The molecule has 0 bridgehead atoms. The van der Waals surface area contributed by atoms with Crippen LogP contribution in [0.3, 0.4) is 0 Å². The van der Waals surface area contributed by atoms with Crippen LogP contribution in [0.1, 0.15) is 15.9 Å². The molecule has 3 aromatic rings. The third kappa shape index (κ3) is 3.40. The molecule has 8 heteroatoms. The molecule has 2 N–H and O–H groups in total. The van der Waals surface area contributed by atoms with Crippen LogP contribution in [-0.2, 0) is 6.54 Å². The first-order chi connectivity index (χ1) is 11.0. The largest absolute Gasteiger partial charge is 0.358 e. The SMILES string of the molecule is O=C(NCc1ccc(Cl)cc1)c1c[nH]c2cnc(Br)nc2c1=O. The molecule has 0 atom stereocenters. The molecular weight excluding hydrogens is 384 g/mol. The summed E-state index contributed by atoms with van der Waals surface area (Å²) >= 11 is 8.92. The number of hydrogen-bond acceptors (Lipinski definition) is 4. The minimum absolute atomic E-state index is 0.00272. The van der Waals surface area contributed by atoms with Gasteiger partial charge in [-0.05, 0) is 33.6 Å². The van der Waals surface area contributed by atoms with Crippen LogP contribution in [-0.4, -0.2) is 20.9 Å². The minimum atomic E-state index is -0.474. The molecular formula is C15H10BrClN4O2. The molecule has 6 nitrogen and oxygen atoms in total. The molecule has 0 aliphatic rings. The summed E-state index contributed by atoms with van der Waals surface area (Å²) in [5.41, 5.74) is 1.05. The number of halogens is 2. The highest BCUT2D eigenvalue weighted by atomic mass is 79.9. The van der Waals surface area contributed by atoms with E-state index >= 15 is 0 Å². The molecule has 0 saturated carbocycles. The Labute approximate surface area is 144 Å². The third-order valence-corrected chi connectivity index (χ3v) is 3.84. The summed E-state index contributed by atoms with van der Waals surface area (Å²) in [6.07, 6.45) is 2.84. The number of nitrogens with one attached hydrogen (secondary N) is 2. The van der Waals surface area contributed by atoms with Crippen molar-refractivity contribution in [2.24, 2.45) is 0 Å². The minimum Gasteiger partial charge on any atom is -0.358 e. The fourth-order valence-corrected chi connectivity index (χ4v) is 2.44. The molecule has 2 aromatic heterocycles. The number of amides is 1. The molecule has 23 heavy (non-hydrogen) atoms. The molecule has 0 saturated heterocycles. The quantitative estimate of drug-likeness (QED) is 0.670. The molecule has 1 aromatic carbocycles. The van der Waals surface area contributed by atoms with Crippen LogP contribution < -0.4 is 10.7 Å². The Morgan fingerprint density at radius 3 is 2.78 bits per heavy atom. The Kier molecular flexibility index (Phi) is 4.40. The van der Waals surface area contributed by atoms with Crippen LogP contribution in [0.15, 0.2) is 46.2 Å². The van der Waals surface area contributed by atoms with E-state index in [0.717, 1.165) is 5.56 Å². The maximum absolute atomic E-state index is 12.4. The smallest absolute Gasteiger partial charge is 0.257 e. The van der Waals surface area contributed by atoms with Gasteiger partial charge in [-0.25, -0.2) is 9.97 Å². The first-order valence-electron chi connectivity index (χ1n) is 6.61. The zero-order valence-corrected chi connectivity index (χ0v) is 14.0. The van der Waals surface area contributed by atoms with Gasteiger partial charge in [-0.1, -0.05) is 23.7 Å². The number of aromatic nitrogens is 3. The lowest BCUT2D eigenvalue weighted by atomic mass is 10.2. The van der Waals surface area contributed by atoms with E-state index in [9.17, 15) is 9.59 Å². The molecule has 3 rings (SSSR count). The normalized spacial score (nSPS) is 10.7. The van der Waals surface area contributed by atoms with Gasteiger partial charge in [0.1, 0.15) is 11.1 Å². The molecule has 1 amide bonds. The van der Waals surface area contributed by atoms with Gasteiger partial charge in [0.2, 0.25) is 5.43 Å². The van der Waals surface area contributed by atoms with Gasteiger partial charge in [0, 0.05) is 17.8 Å². The summed E-state index contributed by atoms with van der Waals surface area (Å²) in [6.45, 7) is 0.293. The van der Waals surface area contributed by atoms with Crippen LogP contribution in [0.5, 0.6) is 0 Å². The Morgan fingerprint density at radius 2 is 2.04 bits per heavy atom. The van der Waals surface area contributed by atoms with Gasteiger partial charge in [0.05, 0.1) is 11.7 Å². The molecule has 0 spiro atoms. The third-order valence-electron chi connectivity index (χ3n) is 3.20. The summed E-state index contributed by atoms with van der Waals surface area (Å²) in [4.78, 5) is 35.4. The highest BCUT2D eigenvalue weighted by Crippen LogP contribution is 2.10. The van der Waals surface area contributed by atoms with Gasteiger partial charge in [0.15, 0.2) is 4.73 Å². The Morgan fingerprint density at radius 1 is 1.30 bits per heavy atom. The van der Waals surface area contributed by atoms with Crippen molar-refractivity contribution < 1.29 is 4.79 Å². The predicted molar refractivity (Wildman–Crippen MR) is 90.5 cm³/mol. The van der Waals surface area contributed by atoms with Crippen molar-refractivity contribution in [3.05, 3.63) is 67.8 Å². The molecule has 0 fully saturated rings. The number of benzene rings is 1. The first-order valence-corrected chi connectivity index (χ1v) is 7.78. The summed E-state index contributed by atoms with van der Waals surface area (Å²) in [7, 11) is 0. The number of aromatic amines is 1. The van der Waals surface area contributed by atoms with E-state index in [1.807, 2.05) is 0 Å². The molecule has 0 radical (unpaired) electrons. The number of rotatable bonds is 3. The number of H-pyrrole nitrogens is 1. The summed E-state index contributed by atoms with van der Waals surface area (Å²) < 4.78 is 0.286. The number of fused-ring (bicyclic) bond motifs is 1. The van der Waals surface area contributed by atoms with E-state index < -0.39 is 11.3 Å². The molecule has 116 valence electrons. The van der Waals surface area contributed by atoms with E-state index in [1.54, 1.807) is 24.3 Å². The highest BCUT2D eigenvalue weighted by Gasteiger charge is 2.14. The van der Waals surface area contributed by atoms with Crippen LogP contribution in [0.4, 0.5) is 0 Å². The zero-order valence-electron chi connectivity index (χ0n) is 11.6. The van der Waals surface area contributed by atoms with Crippen LogP contribution in [0.25, 0.3) is 11.0 Å². The van der Waals surface area contributed by atoms with Crippen LogP contribution in [0, 0.1) is 0 Å². The fraction of sp³-hybridized carbons (Fsp3) is 0.0667. The van der Waals surface area contributed by atoms with Crippen molar-refractivity contribution >= 4 is 44.5 Å². The Balaban J connectivity index is 1.84. The number of hydrogen-bond donors (Lipinski definition) is 2. The lowest BCUT2D eigenvalue weighted by Crippen LogP contribution is -2.28. The van der Waals surface area contributed by atoms with Crippen molar-refractivity contribution in [3.63, 3.8) is 0 Å². The average molecular weight is 394 g/mol. The topological polar surface area (TPSA) is 87.7 Å². The molecule has 2 heterocycles.